The Balaban J connectivity index is 1.30. The first kappa shape index (κ1) is 18.7. The number of pyridine rings is 1. The van der Waals surface area contributed by atoms with Gasteiger partial charge in [-0.2, -0.15) is 5.26 Å². The molecule has 2 fully saturated rings. The standard InChI is InChI=1S/C22H23N5O3/c1-25-12-16(8-17(25)11-23)15-9-19-20(10-15)24-3-2-21(19)26-4-6-27(7-5-26)22(28)30-18-13-29-14-18/h2-3,8-9,12,18H,4-7,10,13-14H2,1H3. The maximum absolute atomic E-state index is 12.3. The highest BCUT2D eigenvalue weighted by Crippen LogP contribution is 2.36. The maximum atomic E-state index is 12.3. The van der Waals surface area contributed by atoms with Crippen molar-refractivity contribution >= 4 is 23.4 Å². The normalized spacial score (nSPS) is 18.5. The topological polar surface area (TPSA) is 83.6 Å². The third-order valence-electron chi connectivity index (χ3n) is 5.97. The summed E-state index contributed by atoms with van der Waals surface area (Å²) in [7, 11) is 1.89. The Morgan fingerprint density at radius 2 is 2.10 bits per heavy atom. The quantitative estimate of drug-likeness (QED) is 0.777. The molecular weight excluding hydrogens is 382 g/mol. The average Bonchev–Trinajstić information content (AvgIpc) is 3.33. The van der Waals surface area contributed by atoms with Crippen molar-refractivity contribution in [2.75, 3.05) is 44.3 Å². The van der Waals surface area contributed by atoms with Gasteiger partial charge in [0.25, 0.3) is 0 Å². The summed E-state index contributed by atoms with van der Waals surface area (Å²) in [4.78, 5) is 20.9. The highest BCUT2D eigenvalue weighted by atomic mass is 16.6. The van der Waals surface area contributed by atoms with Gasteiger partial charge in [-0.3, -0.25) is 4.98 Å². The van der Waals surface area contributed by atoms with E-state index in [1.165, 1.54) is 5.57 Å². The minimum Gasteiger partial charge on any atom is -0.441 e. The van der Waals surface area contributed by atoms with E-state index in [-0.39, 0.29) is 12.2 Å². The van der Waals surface area contributed by atoms with Crippen molar-refractivity contribution < 1.29 is 14.3 Å². The van der Waals surface area contributed by atoms with Crippen LogP contribution >= 0.6 is 0 Å². The molecule has 154 valence electrons. The van der Waals surface area contributed by atoms with Crippen LogP contribution in [0, 0.1) is 11.3 Å². The van der Waals surface area contributed by atoms with Gasteiger partial charge in [-0.1, -0.05) is 0 Å². The Labute approximate surface area is 174 Å². The number of aromatic nitrogens is 2. The van der Waals surface area contributed by atoms with Gasteiger partial charge in [0, 0.05) is 63.3 Å². The Morgan fingerprint density at radius 3 is 2.77 bits per heavy atom. The second-order valence-electron chi connectivity index (χ2n) is 7.89. The van der Waals surface area contributed by atoms with E-state index >= 15 is 0 Å². The van der Waals surface area contributed by atoms with Crippen LogP contribution < -0.4 is 4.90 Å². The molecule has 0 bridgehead atoms. The summed E-state index contributed by atoms with van der Waals surface area (Å²) in [6, 6.07) is 6.19. The predicted octanol–water partition coefficient (Wildman–Crippen LogP) is 2.05. The van der Waals surface area contributed by atoms with Crippen molar-refractivity contribution in [1.82, 2.24) is 14.5 Å². The summed E-state index contributed by atoms with van der Waals surface area (Å²) in [5.74, 6) is 0. The smallest absolute Gasteiger partial charge is 0.410 e. The Hall–Kier alpha value is -3.31. The number of carbonyl (C=O) groups excluding carboxylic acids is 1. The molecule has 1 amide bonds. The summed E-state index contributed by atoms with van der Waals surface area (Å²) in [5, 5.41) is 9.24. The Kier molecular flexibility index (Phi) is 4.68. The largest absolute Gasteiger partial charge is 0.441 e. The first-order chi connectivity index (χ1) is 14.6. The molecule has 8 heteroatoms. The Morgan fingerprint density at radius 1 is 1.30 bits per heavy atom. The van der Waals surface area contributed by atoms with Gasteiger partial charge in [0.2, 0.25) is 0 Å². The van der Waals surface area contributed by atoms with E-state index in [2.05, 4.69) is 22.0 Å². The van der Waals surface area contributed by atoms with E-state index in [1.54, 1.807) is 4.90 Å². The number of fused-ring (bicyclic) bond motifs is 1. The van der Waals surface area contributed by atoms with E-state index in [0.29, 0.717) is 32.0 Å². The molecule has 2 saturated heterocycles. The monoisotopic (exact) mass is 405 g/mol. The summed E-state index contributed by atoms with van der Waals surface area (Å²) in [6.07, 6.45) is 6.45. The van der Waals surface area contributed by atoms with Crippen molar-refractivity contribution in [2.45, 2.75) is 12.5 Å². The molecule has 0 aromatic carbocycles. The van der Waals surface area contributed by atoms with E-state index in [9.17, 15) is 10.1 Å². The average molecular weight is 405 g/mol. The van der Waals surface area contributed by atoms with E-state index in [1.807, 2.05) is 36.1 Å². The van der Waals surface area contributed by atoms with Crippen LogP contribution in [-0.2, 0) is 22.9 Å². The second-order valence-corrected chi connectivity index (χ2v) is 7.89. The number of rotatable bonds is 3. The molecule has 0 N–H and O–H groups in total. The fourth-order valence-corrected chi connectivity index (χ4v) is 4.15. The number of amides is 1. The van der Waals surface area contributed by atoms with Crippen LogP contribution in [0.1, 0.15) is 22.5 Å². The van der Waals surface area contributed by atoms with Crippen LogP contribution in [0.15, 0.2) is 24.5 Å². The minimum atomic E-state index is -0.248. The predicted molar refractivity (Wildman–Crippen MR) is 111 cm³/mol. The molecule has 0 spiro atoms. The number of allylic oxidation sites excluding steroid dienone is 1. The molecule has 0 atom stereocenters. The lowest BCUT2D eigenvalue weighted by atomic mass is 10.1. The van der Waals surface area contributed by atoms with Gasteiger partial charge in [0.15, 0.2) is 6.10 Å². The van der Waals surface area contributed by atoms with Crippen molar-refractivity contribution in [1.29, 1.82) is 5.26 Å². The molecular formula is C22H23N5O3. The third kappa shape index (κ3) is 3.31. The van der Waals surface area contributed by atoms with Gasteiger partial charge in [-0.05, 0) is 29.3 Å². The number of carbonyl (C=O) groups is 1. The SMILES string of the molecule is Cn1cc(C2=Cc3c(N4CCN(C(=O)OC5COC5)CC4)ccnc3C2)cc1C#N. The van der Waals surface area contributed by atoms with Crippen LogP contribution in [0.2, 0.25) is 0 Å². The van der Waals surface area contributed by atoms with Gasteiger partial charge in [-0.15, -0.1) is 0 Å². The molecule has 4 heterocycles. The Bertz CT molecular complexity index is 1060. The zero-order valence-corrected chi connectivity index (χ0v) is 16.9. The number of nitrogens with zero attached hydrogens (tertiary/aromatic N) is 5. The number of anilines is 1. The van der Waals surface area contributed by atoms with Crippen LogP contribution in [0.3, 0.4) is 0 Å². The fourth-order valence-electron chi connectivity index (χ4n) is 4.15. The molecule has 0 unspecified atom stereocenters. The molecule has 2 aliphatic heterocycles. The van der Waals surface area contributed by atoms with Crippen LogP contribution in [-0.4, -0.2) is 66.0 Å². The summed E-state index contributed by atoms with van der Waals surface area (Å²) in [5.41, 5.74) is 6.21. The van der Waals surface area contributed by atoms with Gasteiger partial charge < -0.3 is 23.8 Å². The zero-order chi connectivity index (χ0) is 20.7. The fraction of sp³-hybridized carbons (Fsp3) is 0.409. The molecule has 0 radical (unpaired) electrons. The molecule has 5 rings (SSSR count). The van der Waals surface area contributed by atoms with Crippen molar-refractivity contribution in [3.05, 3.63) is 47.0 Å². The number of hydrogen-bond acceptors (Lipinski definition) is 6. The van der Waals surface area contributed by atoms with Gasteiger partial charge >= 0.3 is 6.09 Å². The van der Waals surface area contributed by atoms with E-state index in [0.717, 1.165) is 42.0 Å². The van der Waals surface area contributed by atoms with Gasteiger partial charge in [-0.25, -0.2) is 4.79 Å². The maximum Gasteiger partial charge on any atom is 0.410 e. The minimum absolute atomic E-state index is 0.0953. The first-order valence-corrected chi connectivity index (χ1v) is 10.2. The second kappa shape index (κ2) is 7.50. The molecule has 1 aliphatic carbocycles. The van der Waals surface area contributed by atoms with Crippen LogP contribution in [0.5, 0.6) is 0 Å². The zero-order valence-electron chi connectivity index (χ0n) is 16.9. The summed E-state index contributed by atoms with van der Waals surface area (Å²) < 4.78 is 12.3. The molecule has 0 saturated carbocycles. The van der Waals surface area contributed by atoms with Gasteiger partial charge in [0.05, 0.1) is 18.9 Å². The molecule has 2 aromatic heterocycles. The lowest BCUT2D eigenvalue weighted by Gasteiger charge is -2.37. The first-order valence-electron chi connectivity index (χ1n) is 10.2. The number of nitriles is 1. The number of ether oxygens (including phenoxy) is 2. The molecule has 8 nitrogen and oxygen atoms in total. The van der Waals surface area contributed by atoms with Crippen LogP contribution in [0.25, 0.3) is 11.6 Å². The van der Waals surface area contributed by atoms with E-state index < -0.39 is 0 Å². The number of piperazine rings is 1. The molecule has 30 heavy (non-hydrogen) atoms. The van der Waals surface area contributed by atoms with Crippen molar-refractivity contribution in [3.8, 4) is 6.07 Å². The van der Waals surface area contributed by atoms with Crippen LogP contribution in [0.4, 0.5) is 10.5 Å². The lowest BCUT2D eigenvalue weighted by Crippen LogP contribution is -2.51. The third-order valence-corrected chi connectivity index (χ3v) is 5.97. The summed E-state index contributed by atoms with van der Waals surface area (Å²) >= 11 is 0. The van der Waals surface area contributed by atoms with Crippen molar-refractivity contribution in [2.24, 2.45) is 7.05 Å². The lowest BCUT2D eigenvalue weighted by molar-refractivity contribution is -0.104. The summed E-state index contributed by atoms with van der Waals surface area (Å²) in [6.45, 7) is 3.76. The highest BCUT2D eigenvalue weighted by molar-refractivity contribution is 5.92. The number of aryl methyl sites for hydroxylation is 1. The number of hydrogen-bond donors (Lipinski definition) is 0. The highest BCUT2D eigenvalue weighted by Gasteiger charge is 2.29. The van der Waals surface area contributed by atoms with E-state index in [4.69, 9.17) is 9.47 Å². The van der Waals surface area contributed by atoms with Gasteiger partial charge in [0.1, 0.15) is 11.8 Å². The molecule has 3 aliphatic rings. The molecule has 2 aromatic rings. The van der Waals surface area contributed by atoms with Crippen molar-refractivity contribution in [3.63, 3.8) is 0 Å².